The van der Waals surface area contributed by atoms with E-state index in [1.54, 1.807) is 6.26 Å². The van der Waals surface area contributed by atoms with E-state index in [1.807, 2.05) is 18.4 Å². The zero-order chi connectivity index (χ0) is 9.97. The van der Waals surface area contributed by atoms with Gasteiger partial charge in [0, 0.05) is 10.3 Å². The van der Waals surface area contributed by atoms with Crippen molar-refractivity contribution < 1.29 is 9.21 Å². The van der Waals surface area contributed by atoms with E-state index in [9.17, 15) is 4.79 Å². The summed E-state index contributed by atoms with van der Waals surface area (Å²) >= 11 is 2.84. The highest BCUT2D eigenvalue weighted by Gasteiger charge is 2.05. The van der Waals surface area contributed by atoms with E-state index in [-0.39, 0.29) is 0 Å². The van der Waals surface area contributed by atoms with E-state index in [1.165, 1.54) is 23.1 Å². The van der Waals surface area contributed by atoms with Gasteiger partial charge in [-0.15, -0.1) is 11.3 Å². The Balaban J connectivity index is 2.14. The van der Waals surface area contributed by atoms with Gasteiger partial charge in [0.2, 0.25) is 0 Å². The summed E-state index contributed by atoms with van der Waals surface area (Å²) in [7, 11) is 0. The van der Waals surface area contributed by atoms with Gasteiger partial charge in [-0.3, -0.25) is 4.79 Å². The summed E-state index contributed by atoms with van der Waals surface area (Å²) in [6.45, 7) is 1.87. The Hall–Kier alpha value is -1.07. The summed E-state index contributed by atoms with van der Waals surface area (Å²) in [5.41, 5.74) is 0.860. The van der Waals surface area contributed by atoms with Crippen LogP contribution in [-0.4, -0.2) is 11.3 Å². The Morgan fingerprint density at radius 3 is 3.07 bits per heavy atom. The zero-order valence-electron chi connectivity index (χ0n) is 7.39. The normalized spacial score (nSPS) is 10.4. The number of nitrogens with zero attached hydrogens (tertiary/aromatic N) is 1. The lowest BCUT2D eigenvalue weighted by Gasteiger charge is -1.88. The molecular weight excluding hydrogens is 218 g/mol. The predicted octanol–water partition coefficient (Wildman–Crippen LogP) is 3.01. The van der Waals surface area contributed by atoms with Gasteiger partial charge in [-0.1, -0.05) is 0 Å². The standard InChI is InChI=1S/C9H7NO2S2/c1-6-4-12-9(10-6)14-8-2-7(3-11)13-5-8/h2-5H,1H3. The maximum Gasteiger partial charge on any atom is 0.260 e. The van der Waals surface area contributed by atoms with Crippen molar-refractivity contribution in [3.05, 3.63) is 28.3 Å². The molecule has 0 aliphatic rings. The molecule has 2 aromatic rings. The van der Waals surface area contributed by atoms with Gasteiger partial charge < -0.3 is 4.42 Å². The molecule has 0 aliphatic heterocycles. The molecule has 0 N–H and O–H groups in total. The van der Waals surface area contributed by atoms with Crippen LogP contribution in [0.15, 0.2) is 32.2 Å². The molecule has 0 spiro atoms. The number of thiophene rings is 1. The fourth-order valence-electron chi connectivity index (χ4n) is 0.930. The van der Waals surface area contributed by atoms with E-state index in [0.717, 1.165) is 21.8 Å². The lowest BCUT2D eigenvalue weighted by Crippen LogP contribution is -1.71. The summed E-state index contributed by atoms with van der Waals surface area (Å²) in [5.74, 6) is 0. The minimum Gasteiger partial charge on any atom is -0.439 e. The Morgan fingerprint density at radius 1 is 1.64 bits per heavy atom. The molecule has 0 saturated carbocycles. The van der Waals surface area contributed by atoms with Gasteiger partial charge in [0.05, 0.1) is 10.6 Å². The molecular formula is C9H7NO2S2. The summed E-state index contributed by atoms with van der Waals surface area (Å²) in [5, 5.41) is 2.52. The number of carbonyl (C=O) groups is 1. The summed E-state index contributed by atoms with van der Waals surface area (Å²) in [6.07, 6.45) is 2.45. The summed E-state index contributed by atoms with van der Waals surface area (Å²) in [6, 6.07) is 1.82. The van der Waals surface area contributed by atoms with Crippen molar-refractivity contribution in [1.29, 1.82) is 0 Å². The monoisotopic (exact) mass is 225 g/mol. The predicted molar refractivity (Wildman–Crippen MR) is 55.1 cm³/mol. The third kappa shape index (κ3) is 2.05. The molecule has 0 atom stereocenters. The topological polar surface area (TPSA) is 43.1 Å². The Labute approximate surface area is 89.2 Å². The number of hydrogen-bond donors (Lipinski definition) is 0. The highest BCUT2D eigenvalue weighted by molar-refractivity contribution is 7.99. The molecule has 0 saturated heterocycles. The summed E-state index contributed by atoms with van der Waals surface area (Å²) in [4.78, 5) is 16.3. The van der Waals surface area contributed by atoms with Gasteiger partial charge in [0.25, 0.3) is 5.22 Å². The molecule has 2 aromatic heterocycles. The second-order valence-electron chi connectivity index (χ2n) is 2.66. The Bertz CT molecular complexity index is 447. The van der Waals surface area contributed by atoms with Crippen molar-refractivity contribution in [3.8, 4) is 0 Å². The second kappa shape index (κ2) is 3.98. The van der Waals surface area contributed by atoms with Crippen molar-refractivity contribution >= 4 is 29.4 Å². The van der Waals surface area contributed by atoms with Crippen molar-refractivity contribution in [2.24, 2.45) is 0 Å². The van der Waals surface area contributed by atoms with E-state index in [0.29, 0.717) is 5.22 Å². The molecule has 0 aliphatic carbocycles. The smallest absolute Gasteiger partial charge is 0.260 e. The molecule has 72 valence electrons. The first-order valence-corrected chi connectivity index (χ1v) is 5.61. The minimum atomic E-state index is 0.609. The largest absolute Gasteiger partial charge is 0.439 e. The highest BCUT2D eigenvalue weighted by atomic mass is 32.2. The number of rotatable bonds is 3. The maximum absolute atomic E-state index is 10.4. The number of aldehydes is 1. The molecule has 14 heavy (non-hydrogen) atoms. The van der Waals surface area contributed by atoms with E-state index in [4.69, 9.17) is 4.42 Å². The number of oxazole rings is 1. The molecule has 0 fully saturated rings. The van der Waals surface area contributed by atoms with Crippen LogP contribution >= 0.6 is 23.1 Å². The SMILES string of the molecule is Cc1coc(Sc2csc(C=O)c2)n1. The number of hydrogen-bond acceptors (Lipinski definition) is 5. The van der Waals surface area contributed by atoms with Crippen LogP contribution in [0.5, 0.6) is 0 Å². The molecule has 0 aromatic carbocycles. The molecule has 3 nitrogen and oxygen atoms in total. The van der Waals surface area contributed by atoms with Crippen molar-refractivity contribution in [2.75, 3.05) is 0 Å². The number of aromatic nitrogens is 1. The average Bonchev–Trinajstić information content (AvgIpc) is 2.76. The second-order valence-corrected chi connectivity index (χ2v) is 4.63. The van der Waals surface area contributed by atoms with Gasteiger partial charge in [-0.05, 0) is 24.8 Å². The Kier molecular flexibility index (Phi) is 2.69. The number of aryl methyl sites for hydroxylation is 1. The van der Waals surface area contributed by atoms with E-state index >= 15 is 0 Å². The molecule has 0 radical (unpaired) electrons. The minimum absolute atomic E-state index is 0.609. The third-order valence-electron chi connectivity index (χ3n) is 1.51. The molecule has 5 heteroatoms. The highest BCUT2D eigenvalue weighted by Crippen LogP contribution is 2.30. The maximum atomic E-state index is 10.4. The molecule has 0 bridgehead atoms. The van der Waals surface area contributed by atoms with Crippen molar-refractivity contribution in [2.45, 2.75) is 17.0 Å². The first-order chi connectivity index (χ1) is 6.78. The molecule has 0 amide bonds. The zero-order valence-corrected chi connectivity index (χ0v) is 9.02. The van der Waals surface area contributed by atoms with Crippen LogP contribution in [0, 0.1) is 6.92 Å². The van der Waals surface area contributed by atoms with Crippen LogP contribution < -0.4 is 0 Å². The van der Waals surface area contributed by atoms with Crippen molar-refractivity contribution in [1.82, 2.24) is 4.98 Å². The average molecular weight is 225 g/mol. The van der Waals surface area contributed by atoms with Gasteiger partial charge in [-0.25, -0.2) is 4.98 Å². The van der Waals surface area contributed by atoms with Crippen molar-refractivity contribution in [3.63, 3.8) is 0 Å². The molecule has 2 heterocycles. The van der Waals surface area contributed by atoms with E-state index in [2.05, 4.69) is 4.98 Å². The Morgan fingerprint density at radius 2 is 2.50 bits per heavy atom. The van der Waals surface area contributed by atoms with Gasteiger partial charge in [-0.2, -0.15) is 0 Å². The quantitative estimate of drug-likeness (QED) is 0.753. The van der Waals surface area contributed by atoms with Gasteiger partial charge in [0.15, 0.2) is 6.29 Å². The lowest BCUT2D eigenvalue weighted by molar-refractivity contribution is 0.112. The van der Waals surface area contributed by atoms with Crippen LogP contribution in [0.4, 0.5) is 0 Å². The van der Waals surface area contributed by atoms with Crippen LogP contribution in [0.25, 0.3) is 0 Å². The molecule has 2 rings (SSSR count). The van der Waals surface area contributed by atoms with E-state index < -0.39 is 0 Å². The first kappa shape index (κ1) is 9.48. The number of carbonyl (C=O) groups excluding carboxylic acids is 1. The fourth-order valence-corrected chi connectivity index (χ4v) is 2.59. The fraction of sp³-hybridized carbons (Fsp3) is 0.111. The van der Waals surface area contributed by atoms with Crippen LogP contribution in [0.2, 0.25) is 0 Å². The van der Waals surface area contributed by atoms with Gasteiger partial charge >= 0.3 is 0 Å². The lowest BCUT2D eigenvalue weighted by atomic mass is 10.5. The van der Waals surface area contributed by atoms with Crippen LogP contribution in [0.3, 0.4) is 0 Å². The van der Waals surface area contributed by atoms with Crippen LogP contribution in [0.1, 0.15) is 15.4 Å². The summed E-state index contributed by atoms with van der Waals surface area (Å²) < 4.78 is 5.18. The first-order valence-electron chi connectivity index (χ1n) is 3.91. The molecule has 0 unspecified atom stereocenters. The third-order valence-corrected chi connectivity index (χ3v) is 3.36. The van der Waals surface area contributed by atoms with Gasteiger partial charge in [0.1, 0.15) is 6.26 Å². The van der Waals surface area contributed by atoms with Crippen LogP contribution in [-0.2, 0) is 0 Å².